The first-order chi connectivity index (χ1) is 14.1. The molecule has 0 unspecified atom stereocenters. The molecule has 1 saturated carbocycles. The highest BCUT2D eigenvalue weighted by Crippen LogP contribution is 2.33. The molecule has 1 aliphatic heterocycles. The van der Waals surface area contributed by atoms with Gasteiger partial charge in [0, 0.05) is 35.6 Å². The van der Waals surface area contributed by atoms with Crippen LogP contribution in [0.3, 0.4) is 0 Å². The number of aliphatic hydroxyl groups excluding tert-OH is 1. The molecule has 0 spiro atoms. The lowest BCUT2D eigenvalue weighted by Gasteiger charge is -2.34. The number of hydrogen-bond acceptors (Lipinski definition) is 4. The van der Waals surface area contributed by atoms with Gasteiger partial charge in [-0.15, -0.1) is 0 Å². The number of rotatable bonds is 8. The summed E-state index contributed by atoms with van der Waals surface area (Å²) < 4.78 is 13.1. The molecule has 1 amide bonds. The van der Waals surface area contributed by atoms with E-state index in [4.69, 9.17) is 14.6 Å². The molecule has 1 aromatic rings. The highest BCUT2D eigenvalue weighted by Gasteiger charge is 2.32. The Labute approximate surface area is 187 Å². The summed E-state index contributed by atoms with van der Waals surface area (Å²) in [6.45, 7) is 0.681. The van der Waals surface area contributed by atoms with Crippen LogP contribution in [0.15, 0.2) is 36.1 Å². The maximum atomic E-state index is 13.2. The van der Waals surface area contributed by atoms with Crippen molar-refractivity contribution in [2.75, 3.05) is 20.3 Å². The van der Waals surface area contributed by atoms with Crippen molar-refractivity contribution in [2.24, 2.45) is 0 Å². The van der Waals surface area contributed by atoms with Gasteiger partial charge in [-0.2, -0.15) is 0 Å². The zero-order valence-corrected chi connectivity index (χ0v) is 19.3. The Morgan fingerprint density at radius 3 is 2.62 bits per heavy atom. The Kier molecular flexibility index (Phi) is 8.81. The number of ether oxygens (including phenoxy) is 2. The summed E-state index contributed by atoms with van der Waals surface area (Å²) in [5, 5.41) is 8.97. The summed E-state index contributed by atoms with van der Waals surface area (Å²) in [5.74, 6) is 0.443. The van der Waals surface area contributed by atoms with E-state index in [0.717, 1.165) is 19.3 Å². The van der Waals surface area contributed by atoms with Crippen LogP contribution >= 0.6 is 22.6 Å². The lowest BCUT2D eigenvalue weighted by atomic mass is 9.92. The highest BCUT2D eigenvalue weighted by atomic mass is 127. The van der Waals surface area contributed by atoms with Crippen molar-refractivity contribution in [1.82, 2.24) is 4.90 Å². The molecule has 5 nitrogen and oxygen atoms in total. The number of benzene rings is 1. The zero-order chi connectivity index (χ0) is 20.6. The minimum Gasteiger partial charge on any atom is -0.459 e. The first-order valence-electron chi connectivity index (χ1n) is 10.7. The molecule has 0 bridgehead atoms. The van der Waals surface area contributed by atoms with Crippen LogP contribution in [0.2, 0.25) is 0 Å². The SMILES string of the molecule is CN(C(=O)C1=C[C@@H](c2ccc(I)cc2)C[C@@H](OCCCCO)O1)C1CCCCC1. The van der Waals surface area contributed by atoms with Gasteiger partial charge in [0.05, 0.1) is 6.61 Å². The largest absolute Gasteiger partial charge is 0.459 e. The molecule has 2 atom stereocenters. The minimum absolute atomic E-state index is 0.0453. The van der Waals surface area contributed by atoms with Gasteiger partial charge in [-0.3, -0.25) is 4.79 Å². The lowest BCUT2D eigenvalue weighted by molar-refractivity contribution is -0.153. The van der Waals surface area contributed by atoms with Crippen LogP contribution < -0.4 is 0 Å². The third-order valence-corrected chi connectivity index (χ3v) is 6.58. The van der Waals surface area contributed by atoms with Gasteiger partial charge in [-0.1, -0.05) is 31.4 Å². The molecule has 1 N–H and O–H groups in total. The summed E-state index contributed by atoms with van der Waals surface area (Å²) in [6.07, 6.45) is 9.46. The Bertz CT molecular complexity index is 685. The van der Waals surface area contributed by atoms with Gasteiger partial charge in [0.25, 0.3) is 5.91 Å². The van der Waals surface area contributed by atoms with Crippen molar-refractivity contribution >= 4 is 28.5 Å². The average Bonchev–Trinajstić information content (AvgIpc) is 2.76. The van der Waals surface area contributed by atoms with E-state index < -0.39 is 6.29 Å². The standard InChI is InChI=1S/C23H32INO4/c1-25(20-7-3-2-4-8-20)23(27)21-15-18(17-9-11-19(24)12-10-17)16-22(29-21)28-14-6-5-13-26/h9-12,15,18,20,22,26H,2-8,13-14,16H2,1H3/t18-,22+/m1/s1. The molecule has 3 rings (SSSR count). The summed E-state index contributed by atoms with van der Waals surface area (Å²) >= 11 is 2.30. The maximum Gasteiger partial charge on any atom is 0.288 e. The number of amides is 1. The summed E-state index contributed by atoms with van der Waals surface area (Å²) in [5.41, 5.74) is 1.17. The molecular weight excluding hydrogens is 481 g/mol. The Hall–Kier alpha value is -1.12. The number of carbonyl (C=O) groups excluding carboxylic acids is 1. The predicted octanol–water partition coefficient (Wildman–Crippen LogP) is 4.59. The second-order valence-electron chi connectivity index (χ2n) is 7.98. The number of halogens is 1. The fourth-order valence-corrected chi connectivity index (χ4v) is 4.45. The molecule has 1 aromatic carbocycles. The van der Waals surface area contributed by atoms with Gasteiger partial charge in [0.1, 0.15) is 0 Å². The van der Waals surface area contributed by atoms with Crippen LogP contribution in [0.4, 0.5) is 0 Å². The van der Waals surface area contributed by atoms with Gasteiger partial charge in [-0.25, -0.2) is 0 Å². The molecular formula is C23H32INO4. The molecule has 29 heavy (non-hydrogen) atoms. The number of hydrogen-bond donors (Lipinski definition) is 1. The molecule has 0 saturated heterocycles. The van der Waals surface area contributed by atoms with Gasteiger partial charge in [0.2, 0.25) is 6.29 Å². The molecule has 0 aromatic heterocycles. The van der Waals surface area contributed by atoms with Gasteiger partial charge >= 0.3 is 0 Å². The van der Waals surface area contributed by atoms with Gasteiger partial charge in [0.15, 0.2) is 5.76 Å². The normalized spacial score (nSPS) is 22.7. The number of aliphatic hydroxyl groups is 1. The molecule has 1 fully saturated rings. The molecule has 1 heterocycles. The van der Waals surface area contributed by atoms with Crippen molar-refractivity contribution in [3.8, 4) is 0 Å². The second-order valence-corrected chi connectivity index (χ2v) is 9.23. The van der Waals surface area contributed by atoms with E-state index in [2.05, 4.69) is 46.9 Å². The molecule has 0 radical (unpaired) electrons. The minimum atomic E-state index is -0.443. The Balaban J connectivity index is 1.74. The van der Waals surface area contributed by atoms with Crippen molar-refractivity contribution in [1.29, 1.82) is 0 Å². The average molecular weight is 513 g/mol. The van der Waals surface area contributed by atoms with Crippen molar-refractivity contribution < 1.29 is 19.4 Å². The number of likely N-dealkylation sites (N-methyl/N-ethyl adjacent to an activating group) is 1. The zero-order valence-electron chi connectivity index (χ0n) is 17.2. The number of carbonyl (C=O) groups is 1. The van der Waals surface area contributed by atoms with E-state index >= 15 is 0 Å². The third kappa shape index (κ3) is 6.43. The molecule has 160 valence electrons. The Morgan fingerprint density at radius 1 is 1.21 bits per heavy atom. The molecule has 1 aliphatic carbocycles. The number of unbranched alkanes of at least 4 members (excludes halogenated alkanes) is 1. The summed E-state index contributed by atoms with van der Waals surface area (Å²) in [7, 11) is 1.90. The topological polar surface area (TPSA) is 59.0 Å². The van der Waals surface area contributed by atoms with Crippen LogP contribution in [0, 0.1) is 3.57 Å². The van der Waals surface area contributed by atoms with Gasteiger partial charge in [-0.05, 0) is 72.0 Å². The van der Waals surface area contributed by atoms with E-state index in [0.29, 0.717) is 31.2 Å². The number of allylic oxidation sites excluding steroid dienone is 1. The van der Waals surface area contributed by atoms with Crippen LogP contribution in [-0.2, 0) is 14.3 Å². The number of nitrogens with zero attached hydrogens (tertiary/aromatic N) is 1. The first-order valence-corrected chi connectivity index (χ1v) is 11.8. The van der Waals surface area contributed by atoms with E-state index in [1.165, 1.54) is 28.4 Å². The van der Waals surface area contributed by atoms with E-state index in [1.54, 1.807) is 0 Å². The van der Waals surface area contributed by atoms with Crippen LogP contribution in [0.5, 0.6) is 0 Å². The maximum absolute atomic E-state index is 13.2. The third-order valence-electron chi connectivity index (χ3n) is 5.87. The molecule has 2 aliphatic rings. The van der Waals surface area contributed by atoms with Crippen LogP contribution in [-0.4, -0.2) is 48.5 Å². The monoisotopic (exact) mass is 513 g/mol. The van der Waals surface area contributed by atoms with E-state index in [9.17, 15) is 4.79 Å². The fraction of sp³-hybridized carbons (Fsp3) is 0.609. The van der Waals surface area contributed by atoms with Crippen molar-refractivity contribution in [2.45, 2.75) is 69.6 Å². The van der Waals surface area contributed by atoms with E-state index in [-0.39, 0.29) is 18.4 Å². The van der Waals surface area contributed by atoms with E-state index in [1.807, 2.05) is 18.0 Å². The quantitative estimate of drug-likeness (QED) is 0.409. The first kappa shape index (κ1) is 22.6. The molecule has 6 heteroatoms. The smallest absolute Gasteiger partial charge is 0.288 e. The summed E-state index contributed by atoms with van der Waals surface area (Å²) in [4.78, 5) is 15.1. The van der Waals surface area contributed by atoms with Crippen molar-refractivity contribution in [3.05, 3.63) is 45.2 Å². The lowest BCUT2D eigenvalue weighted by Crippen LogP contribution is -2.41. The predicted molar refractivity (Wildman–Crippen MR) is 121 cm³/mol. The Morgan fingerprint density at radius 2 is 1.93 bits per heavy atom. The van der Waals surface area contributed by atoms with Crippen molar-refractivity contribution in [3.63, 3.8) is 0 Å². The second kappa shape index (κ2) is 11.3. The highest BCUT2D eigenvalue weighted by molar-refractivity contribution is 14.1. The summed E-state index contributed by atoms with van der Waals surface area (Å²) in [6, 6.07) is 8.70. The fourth-order valence-electron chi connectivity index (χ4n) is 4.09. The van der Waals surface area contributed by atoms with Crippen LogP contribution in [0.25, 0.3) is 0 Å². The van der Waals surface area contributed by atoms with Crippen LogP contribution in [0.1, 0.15) is 62.8 Å². The van der Waals surface area contributed by atoms with Gasteiger partial charge < -0.3 is 19.5 Å².